The Balaban J connectivity index is 1.89. The summed E-state index contributed by atoms with van der Waals surface area (Å²) in [7, 11) is 0. The van der Waals surface area contributed by atoms with Crippen molar-refractivity contribution in [3.05, 3.63) is 46.7 Å². The second-order valence-electron chi connectivity index (χ2n) is 5.11. The third-order valence-corrected chi connectivity index (χ3v) is 3.83. The molecule has 2 amide bonds. The molecule has 2 rings (SSSR count). The summed E-state index contributed by atoms with van der Waals surface area (Å²) in [6.07, 6.45) is 5.14. The van der Waals surface area contributed by atoms with Crippen LogP contribution in [0.3, 0.4) is 0 Å². The monoisotopic (exact) mass is 330 g/mol. The lowest BCUT2D eigenvalue weighted by molar-refractivity contribution is 0.0604. The molecule has 3 N–H and O–H groups in total. The van der Waals surface area contributed by atoms with Gasteiger partial charge in [-0.05, 0) is 41.4 Å². The maximum atomic E-state index is 12.0. The Morgan fingerprint density at radius 1 is 1.48 bits per heavy atom. The molecule has 23 heavy (non-hydrogen) atoms. The van der Waals surface area contributed by atoms with Crippen molar-refractivity contribution in [3.63, 3.8) is 0 Å². The number of hydrogen-bond donors (Lipinski definition) is 3. The number of benzene rings is 1. The molecule has 1 atom stereocenters. The largest absolute Gasteiger partial charge is 0.481 e. The third-order valence-electron chi connectivity index (χ3n) is 3.15. The molecule has 1 aromatic heterocycles. The fourth-order valence-electron chi connectivity index (χ4n) is 1.89. The Kier molecular flexibility index (Phi) is 5.63. The lowest BCUT2D eigenvalue weighted by atomic mass is 9.99. The van der Waals surface area contributed by atoms with Crippen LogP contribution in [0.2, 0.25) is 0 Å². The molecule has 0 bridgehead atoms. The van der Waals surface area contributed by atoms with Crippen LogP contribution in [-0.2, 0) is 5.60 Å². The van der Waals surface area contributed by atoms with Crippen molar-refractivity contribution in [1.82, 2.24) is 5.32 Å². The first-order valence-corrected chi connectivity index (χ1v) is 7.92. The zero-order valence-electron chi connectivity index (χ0n) is 12.7. The van der Waals surface area contributed by atoms with E-state index in [1.54, 1.807) is 31.2 Å². The summed E-state index contributed by atoms with van der Waals surface area (Å²) in [5, 5.41) is 19.4. The van der Waals surface area contributed by atoms with Crippen molar-refractivity contribution in [1.29, 1.82) is 0 Å². The maximum absolute atomic E-state index is 12.0. The van der Waals surface area contributed by atoms with Gasteiger partial charge >= 0.3 is 6.03 Å². The molecule has 1 heterocycles. The number of rotatable bonds is 6. The Morgan fingerprint density at radius 3 is 3.00 bits per heavy atom. The van der Waals surface area contributed by atoms with Gasteiger partial charge in [0.05, 0.1) is 6.54 Å². The van der Waals surface area contributed by atoms with Gasteiger partial charge in [0.1, 0.15) is 18.0 Å². The Labute approximate surface area is 139 Å². The number of thiophene rings is 1. The van der Waals surface area contributed by atoms with E-state index in [1.807, 2.05) is 16.8 Å². The van der Waals surface area contributed by atoms with Crippen LogP contribution in [0.5, 0.6) is 5.75 Å². The lowest BCUT2D eigenvalue weighted by Gasteiger charge is -2.22. The Bertz CT molecular complexity index is 690. The second-order valence-corrected chi connectivity index (χ2v) is 5.89. The number of ether oxygens (including phenoxy) is 1. The number of hydrogen-bond acceptors (Lipinski definition) is 4. The smallest absolute Gasteiger partial charge is 0.319 e. The number of urea groups is 1. The van der Waals surface area contributed by atoms with Gasteiger partial charge in [-0.2, -0.15) is 11.3 Å². The highest BCUT2D eigenvalue weighted by Crippen LogP contribution is 2.22. The van der Waals surface area contributed by atoms with Crippen LogP contribution in [0.4, 0.5) is 10.5 Å². The lowest BCUT2D eigenvalue weighted by Crippen LogP contribution is -2.40. The maximum Gasteiger partial charge on any atom is 0.319 e. The van der Waals surface area contributed by atoms with E-state index in [9.17, 15) is 9.90 Å². The number of amides is 2. The van der Waals surface area contributed by atoms with Gasteiger partial charge in [-0.3, -0.25) is 0 Å². The van der Waals surface area contributed by atoms with E-state index in [0.717, 1.165) is 5.56 Å². The molecule has 0 saturated heterocycles. The summed E-state index contributed by atoms with van der Waals surface area (Å²) in [6, 6.07) is 8.34. The number of terminal acetylenes is 1. The van der Waals surface area contributed by atoms with E-state index in [1.165, 1.54) is 11.3 Å². The van der Waals surface area contributed by atoms with Gasteiger partial charge in [0.15, 0.2) is 0 Å². The molecule has 6 heteroatoms. The van der Waals surface area contributed by atoms with E-state index < -0.39 is 11.6 Å². The summed E-state index contributed by atoms with van der Waals surface area (Å²) < 4.78 is 5.29. The Morgan fingerprint density at radius 2 is 2.30 bits per heavy atom. The topological polar surface area (TPSA) is 70.6 Å². The van der Waals surface area contributed by atoms with E-state index in [2.05, 4.69) is 16.6 Å². The van der Waals surface area contributed by atoms with Gasteiger partial charge < -0.3 is 20.5 Å². The predicted octanol–water partition coefficient (Wildman–Crippen LogP) is 2.79. The zero-order valence-corrected chi connectivity index (χ0v) is 13.5. The molecule has 0 saturated carbocycles. The van der Waals surface area contributed by atoms with Crippen LogP contribution in [0, 0.1) is 12.3 Å². The Hall–Kier alpha value is -2.49. The molecule has 120 valence electrons. The first kappa shape index (κ1) is 16.9. The van der Waals surface area contributed by atoms with Crippen molar-refractivity contribution >= 4 is 23.1 Å². The fourth-order valence-corrected chi connectivity index (χ4v) is 2.67. The fraction of sp³-hybridized carbons (Fsp3) is 0.235. The summed E-state index contributed by atoms with van der Waals surface area (Å²) in [6.45, 7) is 1.92. The summed E-state index contributed by atoms with van der Waals surface area (Å²) in [5.74, 6) is 2.95. The van der Waals surface area contributed by atoms with Gasteiger partial charge in [-0.15, -0.1) is 6.42 Å². The molecular weight excluding hydrogens is 312 g/mol. The standard InChI is InChI=1S/C17H18N2O3S/c1-3-8-22-15-6-4-5-14(10-15)19-16(20)18-12-17(2,21)13-7-9-23-11-13/h1,4-7,9-11,21H,8,12H2,2H3,(H2,18,19,20)/t17-/m1/s1. The third kappa shape index (κ3) is 5.02. The molecule has 0 fully saturated rings. The molecular formula is C17H18N2O3S. The average molecular weight is 330 g/mol. The molecule has 0 aliphatic carbocycles. The van der Waals surface area contributed by atoms with Crippen molar-refractivity contribution < 1.29 is 14.6 Å². The van der Waals surface area contributed by atoms with Crippen molar-refractivity contribution in [2.75, 3.05) is 18.5 Å². The van der Waals surface area contributed by atoms with Crippen molar-refractivity contribution in [3.8, 4) is 18.1 Å². The van der Waals surface area contributed by atoms with E-state index in [-0.39, 0.29) is 13.2 Å². The molecule has 2 aromatic rings. The van der Waals surface area contributed by atoms with Gasteiger partial charge in [0.2, 0.25) is 0 Å². The minimum Gasteiger partial charge on any atom is -0.481 e. The normalized spacial score (nSPS) is 12.7. The molecule has 0 unspecified atom stereocenters. The summed E-state index contributed by atoms with van der Waals surface area (Å²) in [5.41, 5.74) is 0.231. The molecule has 0 spiro atoms. The van der Waals surface area contributed by atoms with Crippen LogP contribution in [0.1, 0.15) is 12.5 Å². The molecule has 1 aromatic carbocycles. The highest BCUT2D eigenvalue weighted by atomic mass is 32.1. The highest BCUT2D eigenvalue weighted by molar-refractivity contribution is 7.08. The van der Waals surface area contributed by atoms with E-state index >= 15 is 0 Å². The van der Waals surface area contributed by atoms with E-state index in [0.29, 0.717) is 11.4 Å². The SMILES string of the molecule is C#CCOc1cccc(NC(=O)NC[C@@](C)(O)c2ccsc2)c1. The number of carbonyl (C=O) groups is 1. The molecule has 0 aliphatic rings. The number of nitrogens with one attached hydrogen (secondary N) is 2. The summed E-state index contributed by atoms with van der Waals surface area (Å²) in [4.78, 5) is 12.0. The molecule has 0 aliphatic heterocycles. The first-order valence-electron chi connectivity index (χ1n) is 6.97. The summed E-state index contributed by atoms with van der Waals surface area (Å²) >= 11 is 1.50. The average Bonchev–Trinajstić information content (AvgIpc) is 3.07. The van der Waals surface area contributed by atoms with E-state index in [4.69, 9.17) is 11.2 Å². The second kappa shape index (κ2) is 7.68. The van der Waals surface area contributed by atoms with Crippen LogP contribution >= 0.6 is 11.3 Å². The van der Waals surface area contributed by atoms with Gasteiger partial charge in [-0.25, -0.2) is 4.79 Å². The van der Waals surface area contributed by atoms with Gasteiger partial charge in [0.25, 0.3) is 0 Å². The van der Waals surface area contributed by atoms with Gasteiger partial charge in [-0.1, -0.05) is 12.0 Å². The zero-order chi connectivity index (χ0) is 16.7. The number of carbonyl (C=O) groups excluding carboxylic acids is 1. The molecule has 5 nitrogen and oxygen atoms in total. The van der Waals surface area contributed by atoms with Crippen LogP contribution in [0.25, 0.3) is 0 Å². The highest BCUT2D eigenvalue weighted by Gasteiger charge is 2.24. The molecule has 0 radical (unpaired) electrons. The number of anilines is 1. The van der Waals surface area contributed by atoms with Crippen molar-refractivity contribution in [2.45, 2.75) is 12.5 Å². The van der Waals surface area contributed by atoms with Crippen LogP contribution < -0.4 is 15.4 Å². The van der Waals surface area contributed by atoms with Crippen LogP contribution in [-0.4, -0.2) is 24.3 Å². The predicted molar refractivity (Wildman–Crippen MR) is 91.7 cm³/mol. The minimum atomic E-state index is -1.12. The van der Waals surface area contributed by atoms with Crippen LogP contribution in [0.15, 0.2) is 41.1 Å². The number of aliphatic hydroxyl groups is 1. The first-order chi connectivity index (χ1) is 11.0. The van der Waals surface area contributed by atoms with Gasteiger partial charge in [0, 0.05) is 11.8 Å². The van der Waals surface area contributed by atoms with Crippen molar-refractivity contribution in [2.24, 2.45) is 0 Å². The minimum absolute atomic E-state index is 0.100. The quantitative estimate of drug-likeness (QED) is 0.713.